The molecule has 2 nitrogen and oxygen atoms in total. The number of carboxylic acids is 1. The van der Waals surface area contributed by atoms with Crippen molar-refractivity contribution in [1.29, 1.82) is 0 Å². The van der Waals surface area contributed by atoms with Gasteiger partial charge in [0.05, 0.1) is 5.97 Å². The zero-order chi connectivity index (χ0) is 15.3. The van der Waals surface area contributed by atoms with E-state index in [0.29, 0.717) is 5.56 Å². The zero-order valence-electron chi connectivity index (χ0n) is 14.4. The predicted molar refractivity (Wildman–Crippen MR) is 86.3 cm³/mol. The first-order chi connectivity index (χ1) is 10.3. The molecule has 0 saturated heterocycles. The van der Waals surface area contributed by atoms with Gasteiger partial charge in [0.15, 0.2) is 0 Å². The standard InChI is InChI=1S/C19H30O2.Na/c1-2-3-4-5-6-7-8-9-10-11-14-17-15-12-13-16-18(17)19(20)21;/h12-13,15-16H,2-11,14H2,1H3,(H,20,21);/q;+1/p-1. The number of hydrogen-bond acceptors (Lipinski definition) is 2. The van der Waals surface area contributed by atoms with E-state index in [1.807, 2.05) is 12.1 Å². The van der Waals surface area contributed by atoms with Crippen molar-refractivity contribution in [3.63, 3.8) is 0 Å². The molecule has 1 aromatic carbocycles. The van der Waals surface area contributed by atoms with Crippen LogP contribution in [0.15, 0.2) is 24.3 Å². The van der Waals surface area contributed by atoms with E-state index in [1.54, 1.807) is 12.1 Å². The van der Waals surface area contributed by atoms with Crippen molar-refractivity contribution in [2.24, 2.45) is 0 Å². The third-order valence-corrected chi connectivity index (χ3v) is 4.04. The van der Waals surface area contributed by atoms with Gasteiger partial charge in [-0.05, 0) is 18.4 Å². The molecule has 0 aliphatic heterocycles. The molecule has 0 heterocycles. The molecule has 0 amide bonds. The topological polar surface area (TPSA) is 40.1 Å². The first-order valence-electron chi connectivity index (χ1n) is 8.55. The molecule has 0 saturated carbocycles. The molecule has 3 heteroatoms. The number of carbonyl (C=O) groups is 1. The van der Waals surface area contributed by atoms with E-state index in [-0.39, 0.29) is 29.6 Å². The van der Waals surface area contributed by atoms with Crippen molar-refractivity contribution in [3.8, 4) is 0 Å². The van der Waals surface area contributed by atoms with Crippen molar-refractivity contribution in [2.45, 2.75) is 77.6 Å². The largest absolute Gasteiger partial charge is 1.00 e. The van der Waals surface area contributed by atoms with E-state index < -0.39 is 5.97 Å². The molecule has 0 radical (unpaired) electrons. The Balaban J connectivity index is 0.00000441. The maximum atomic E-state index is 11.0. The van der Waals surface area contributed by atoms with Crippen LogP contribution in [0.5, 0.6) is 0 Å². The van der Waals surface area contributed by atoms with Gasteiger partial charge >= 0.3 is 29.6 Å². The monoisotopic (exact) mass is 312 g/mol. The van der Waals surface area contributed by atoms with Crippen LogP contribution in [0.2, 0.25) is 0 Å². The Morgan fingerprint density at radius 3 is 1.91 bits per heavy atom. The summed E-state index contributed by atoms with van der Waals surface area (Å²) in [5.74, 6) is -1.06. The molecule has 0 aromatic heterocycles. The van der Waals surface area contributed by atoms with Gasteiger partial charge in [-0.15, -0.1) is 0 Å². The summed E-state index contributed by atoms with van der Waals surface area (Å²) < 4.78 is 0. The minimum atomic E-state index is -1.06. The third kappa shape index (κ3) is 9.66. The fourth-order valence-corrected chi connectivity index (χ4v) is 2.74. The number of rotatable bonds is 12. The SMILES string of the molecule is CCCCCCCCCCCCc1ccccc1C(=O)[O-].[Na+]. The van der Waals surface area contributed by atoms with Gasteiger partial charge in [0.1, 0.15) is 0 Å². The van der Waals surface area contributed by atoms with Crippen LogP contribution < -0.4 is 34.7 Å². The fourth-order valence-electron chi connectivity index (χ4n) is 2.74. The van der Waals surface area contributed by atoms with Crippen LogP contribution in [0.4, 0.5) is 0 Å². The number of benzene rings is 1. The molecule has 0 bridgehead atoms. The van der Waals surface area contributed by atoms with E-state index >= 15 is 0 Å². The van der Waals surface area contributed by atoms with Gasteiger partial charge < -0.3 is 9.90 Å². The molecule has 1 rings (SSSR count). The summed E-state index contributed by atoms with van der Waals surface area (Å²) in [5, 5.41) is 11.0. The van der Waals surface area contributed by atoms with Crippen LogP contribution in [0.25, 0.3) is 0 Å². The van der Waals surface area contributed by atoms with E-state index in [1.165, 1.54) is 57.8 Å². The van der Waals surface area contributed by atoms with Crippen molar-refractivity contribution < 1.29 is 39.5 Å². The Labute approximate surface area is 158 Å². The molecule has 0 aliphatic rings. The first-order valence-corrected chi connectivity index (χ1v) is 8.55. The number of carbonyl (C=O) groups excluding carboxylic acids is 1. The minimum Gasteiger partial charge on any atom is -0.545 e. The number of carboxylic acid groups (broad SMARTS) is 1. The van der Waals surface area contributed by atoms with Gasteiger partial charge in [0, 0.05) is 5.56 Å². The second kappa shape index (κ2) is 14.3. The molecule has 0 fully saturated rings. The molecule has 118 valence electrons. The Bertz CT molecular complexity index is 404. The van der Waals surface area contributed by atoms with E-state index in [2.05, 4.69) is 6.92 Å². The summed E-state index contributed by atoms with van der Waals surface area (Å²) >= 11 is 0. The Kier molecular flexibility index (Phi) is 14.1. The summed E-state index contributed by atoms with van der Waals surface area (Å²) in [5.41, 5.74) is 1.27. The first kappa shape index (κ1) is 21.7. The van der Waals surface area contributed by atoms with Crippen molar-refractivity contribution in [2.75, 3.05) is 0 Å². The molecule has 0 unspecified atom stereocenters. The number of hydrogen-bond donors (Lipinski definition) is 0. The summed E-state index contributed by atoms with van der Waals surface area (Å²) in [6, 6.07) is 7.20. The number of aryl methyl sites for hydroxylation is 1. The van der Waals surface area contributed by atoms with Crippen LogP contribution in [0, 0.1) is 0 Å². The summed E-state index contributed by atoms with van der Waals surface area (Å²) in [6.07, 6.45) is 13.9. The molecule has 0 spiro atoms. The van der Waals surface area contributed by atoms with Crippen LogP contribution in [0.3, 0.4) is 0 Å². The Morgan fingerprint density at radius 2 is 1.36 bits per heavy atom. The Morgan fingerprint density at radius 1 is 0.864 bits per heavy atom. The molecular formula is C19H29NaO2. The number of unbranched alkanes of at least 4 members (excludes halogenated alkanes) is 9. The van der Waals surface area contributed by atoms with Gasteiger partial charge in [-0.3, -0.25) is 0 Å². The number of aromatic carboxylic acids is 1. The quantitative estimate of drug-likeness (QED) is 0.434. The fraction of sp³-hybridized carbons (Fsp3) is 0.632. The smallest absolute Gasteiger partial charge is 0.545 e. The van der Waals surface area contributed by atoms with Gasteiger partial charge in [0.25, 0.3) is 0 Å². The van der Waals surface area contributed by atoms with Crippen molar-refractivity contribution in [3.05, 3.63) is 35.4 Å². The summed E-state index contributed by atoms with van der Waals surface area (Å²) in [4.78, 5) is 11.0. The van der Waals surface area contributed by atoms with Gasteiger partial charge in [-0.25, -0.2) is 0 Å². The molecule has 1 aromatic rings. The molecular weight excluding hydrogens is 283 g/mol. The van der Waals surface area contributed by atoms with Crippen molar-refractivity contribution >= 4 is 5.97 Å². The van der Waals surface area contributed by atoms with Gasteiger partial charge in [0.2, 0.25) is 0 Å². The van der Waals surface area contributed by atoms with Gasteiger partial charge in [-0.2, -0.15) is 0 Å². The average Bonchev–Trinajstić information content (AvgIpc) is 2.49. The second-order valence-electron chi connectivity index (χ2n) is 5.88. The van der Waals surface area contributed by atoms with Crippen LogP contribution in [0.1, 0.15) is 87.1 Å². The van der Waals surface area contributed by atoms with Crippen LogP contribution in [-0.4, -0.2) is 5.97 Å². The van der Waals surface area contributed by atoms with E-state index in [0.717, 1.165) is 18.4 Å². The third-order valence-electron chi connectivity index (χ3n) is 4.04. The summed E-state index contributed by atoms with van der Waals surface area (Å²) in [7, 11) is 0. The average molecular weight is 312 g/mol. The predicted octanol–water partition coefficient (Wildman–Crippen LogP) is 1.52. The Hall–Kier alpha value is -0.310. The van der Waals surface area contributed by atoms with Crippen molar-refractivity contribution in [1.82, 2.24) is 0 Å². The molecule has 22 heavy (non-hydrogen) atoms. The van der Waals surface area contributed by atoms with Gasteiger partial charge in [-0.1, -0.05) is 89.0 Å². The maximum absolute atomic E-state index is 11.0. The molecule has 0 N–H and O–H groups in total. The second-order valence-corrected chi connectivity index (χ2v) is 5.88. The molecule has 0 atom stereocenters. The van der Waals surface area contributed by atoms with E-state index in [9.17, 15) is 9.90 Å². The maximum Gasteiger partial charge on any atom is 1.00 e. The van der Waals surface area contributed by atoms with Crippen LogP contribution in [-0.2, 0) is 6.42 Å². The summed E-state index contributed by atoms with van der Waals surface area (Å²) in [6.45, 7) is 2.25. The normalized spacial score (nSPS) is 10.2. The van der Waals surface area contributed by atoms with Crippen LogP contribution >= 0.6 is 0 Å². The minimum absolute atomic E-state index is 0. The molecule has 0 aliphatic carbocycles. The zero-order valence-corrected chi connectivity index (χ0v) is 16.4. The van der Waals surface area contributed by atoms with E-state index in [4.69, 9.17) is 0 Å².